The van der Waals surface area contributed by atoms with Crippen molar-refractivity contribution in [3.05, 3.63) is 94.0 Å². The summed E-state index contributed by atoms with van der Waals surface area (Å²) in [6.07, 6.45) is 4.28. The Balaban J connectivity index is 1.29. The first-order valence-electron chi connectivity index (χ1n) is 16.4. The van der Waals surface area contributed by atoms with Crippen molar-refractivity contribution in [2.45, 2.75) is 44.2 Å². The smallest absolute Gasteiger partial charge is 0.212 e. The van der Waals surface area contributed by atoms with Crippen LogP contribution in [-0.4, -0.2) is 72.2 Å². The van der Waals surface area contributed by atoms with Crippen LogP contribution < -0.4 is 14.2 Å². The van der Waals surface area contributed by atoms with Crippen LogP contribution in [0.2, 0.25) is 0 Å². The Labute approximate surface area is 270 Å². The number of likely N-dealkylation sites (N-methyl/N-ethyl adjacent to an activating group) is 1. The molecule has 8 nitrogen and oxygen atoms in total. The lowest BCUT2D eigenvalue weighted by molar-refractivity contribution is 0.170. The standard InChI is InChI=1S/C38H41N3O5/c1-39(2)13-4-14-41-16-12-26-20-32(43)37-38-36(26)30(41)17-23-5-8-27(9-6-23)44-33-19-24(7-10-31(33)42)18-29-28-22-35(46-38)34(45-37)21-25(28)11-15-40(29)3/h5-10,19-22,29-30,42-43H,4,11-18H2,1-3H3. The van der Waals surface area contributed by atoms with Gasteiger partial charge in [0.2, 0.25) is 5.75 Å². The zero-order valence-corrected chi connectivity index (χ0v) is 26.8. The molecule has 238 valence electrons. The molecule has 0 saturated heterocycles. The molecule has 2 atom stereocenters. The summed E-state index contributed by atoms with van der Waals surface area (Å²) in [4.78, 5) is 7.17. The molecule has 46 heavy (non-hydrogen) atoms. The van der Waals surface area contributed by atoms with Gasteiger partial charge in [0.1, 0.15) is 5.75 Å². The Morgan fingerprint density at radius 1 is 0.739 bits per heavy atom. The molecule has 5 aliphatic rings. The second-order valence-corrected chi connectivity index (χ2v) is 13.5. The Morgan fingerprint density at radius 2 is 1.48 bits per heavy atom. The van der Waals surface area contributed by atoms with Crippen molar-refractivity contribution in [3.8, 4) is 46.0 Å². The Kier molecular flexibility index (Phi) is 7.31. The van der Waals surface area contributed by atoms with Crippen molar-refractivity contribution in [1.29, 1.82) is 0 Å². The highest BCUT2D eigenvalue weighted by Gasteiger charge is 2.37. The van der Waals surface area contributed by atoms with Crippen molar-refractivity contribution in [2.24, 2.45) is 0 Å². The van der Waals surface area contributed by atoms with Crippen LogP contribution in [0.3, 0.4) is 0 Å². The van der Waals surface area contributed by atoms with Gasteiger partial charge in [-0.15, -0.1) is 0 Å². The van der Waals surface area contributed by atoms with Crippen LogP contribution in [0.1, 0.15) is 51.9 Å². The summed E-state index contributed by atoms with van der Waals surface area (Å²) in [5, 5.41) is 22.0. The molecule has 2 unspecified atom stereocenters. The van der Waals surface area contributed by atoms with E-state index in [2.05, 4.69) is 60.1 Å². The fourth-order valence-electron chi connectivity index (χ4n) is 7.67. The normalized spacial score (nSPS) is 20.1. The van der Waals surface area contributed by atoms with E-state index in [4.69, 9.17) is 14.2 Å². The fourth-order valence-corrected chi connectivity index (χ4v) is 7.67. The quantitative estimate of drug-likeness (QED) is 0.224. The maximum absolute atomic E-state index is 11.3. The Bertz CT molecular complexity index is 1800. The van der Waals surface area contributed by atoms with Gasteiger partial charge >= 0.3 is 0 Å². The number of phenols is 2. The lowest BCUT2D eigenvalue weighted by atomic mass is 9.86. The van der Waals surface area contributed by atoms with E-state index in [1.54, 1.807) is 6.07 Å². The van der Waals surface area contributed by atoms with Crippen LogP contribution in [0.5, 0.6) is 46.0 Å². The van der Waals surface area contributed by atoms with E-state index in [1.165, 1.54) is 16.7 Å². The van der Waals surface area contributed by atoms with Gasteiger partial charge in [-0.1, -0.05) is 18.2 Å². The Morgan fingerprint density at radius 3 is 2.30 bits per heavy atom. The second kappa shape index (κ2) is 11.5. The van der Waals surface area contributed by atoms with Gasteiger partial charge in [0.05, 0.1) is 0 Å². The number of aromatic hydroxyl groups is 2. The summed E-state index contributed by atoms with van der Waals surface area (Å²) in [6.45, 7) is 3.77. The zero-order valence-electron chi connectivity index (χ0n) is 26.8. The SMILES string of the molecule is CN(C)CCCN1CCc2cc(O)c3c4c2C1Cc1ccc(cc1)Oc1cc(ccc1O)CC1c2cc(c(cc2CCN1C)O3)O4. The predicted octanol–water partition coefficient (Wildman–Crippen LogP) is 6.97. The lowest BCUT2D eigenvalue weighted by Crippen LogP contribution is -2.38. The summed E-state index contributed by atoms with van der Waals surface area (Å²) in [7, 11) is 6.39. The highest BCUT2D eigenvalue weighted by Crippen LogP contribution is 2.56. The van der Waals surface area contributed by atoms with Gasteiger partial charge in [-0.05, 0) is 137 Å². The molecule has 2 N–H and O–H groups in total. The number of hydrogen-bond acceptors (Lipinski definition) is 8. The number of ether oxygens (including phenoxy) is 3. The van der Waals surface area contributed by atoms with E-state index in [-0.39, 0.29) is 23.6 Å². The molecule has 5 heterocycles. The highest BCUT2D eigenvalue weighted by molar-refractivity contribution is 5.67. The summed E-state index contributed by atoms with van der Waals surface area (Å²) in [5.74, 6) is 3.76. The molecule has 0 radical (unpaired) electrons. The summed E-state index contributed by atoms with van der Waals surface area (Å²) in [6, 6.07) is 20.1. The van der Waals surface area contributed by atoms with Gasteiger partial charge in [0, 0.05) is 30.7 Å². The highest BCUT2D eigenvalue weighted by atomic mass is 16.6. The summed E-state index contributed by atoms with van der Waals surface area (Å²) < 4.78 is 19.7. The average molecular weight is 620 g/mol. The van der Waals surface area contributed by atoms with Crippen molar-refractivity contribution >= 4 is 0 Å². The number of fused-ring (bicyclic) bond motifs is 2. The van der Waals surface area contributed by atoms with E-state index in [1.807, 2.05) is 30.3 Å². The van der Waals surface area contributed by atoms with E-state index < -0.39 is 0 Å². The number of benzene rings is 4. The molecular formula is C38H41N3O5. The molecule has 4 aromatic rings. The monoisotopic (exact) mass is 619 g/mol. The van der Waals surface area contributed by atoms with Crippen molar-refractivity contribution < 1.29 is 24.4 Å². The minimum atomic E-state index is 0.0355. The first-order chi connectivity index (χ1) is 22.3. The van der Waals surface area contributed by atoms with Gasteiger partial charge < -0.3 is 29.3 Å². The molecule has 7 bridgehead atoms. The molecule has 9 rings (SSSR count). The van der Waals surface area contributed by atoms with E-state index in [0.29, 0.717) is 34.5 Å². The molecule has 4 aromatic carbocycles. The molecular weight excluding hydrogens is 578 g/mol. The minimum Gasteiger partial charge on any atom is -0.504 e. The maximum Gasteiger partial charge on any atom is 0.212 e. The molecule has 0 fully saturated rings. The molecule has 0 saturated carbocycles. The van der Waals surface area contributed by atoms with Gasteiger partial charge in [0.15, 0.2) is 34.5 Å². The van der Waals surface area contributed by atoms with Gasteiger partial charge in [-0.3, -0.25) is 9.80 Å². The summed E-state index contributed by atoms with van der Waals surface area (Å²) in [5.41, 5.74) is 6.88. The predicted molar refractivity (Wildman–Crippen MR) is 177 cm³/mol. The van der Waals surface area contributed by atoms with Crippen LogP contribution in [0.15, 0.2) is 60.7 Å². The van der Waals surface area contributed by atoms with Crippen molar-refractivity contribution in [1.82, 2.24) is 14.7 Å². The molecule has 0 aliphatic carbocycles. The number of rotatable bonds is 4. The van der Waals surface area contributed by atoms with Crippen LogP contribution >= 0.6 is 0 Å². The third kappa shape index (κ3) is 5.24. The van der Waals surface area contributed by atoms with E-state index in [9.17, 15) is 10.2 Å². The molecule has 0 aromatic heterocycles. The first kappa shape index (κ1) is 29.2. The van der Waals surface area contributed by atoms with Crippen molar-refractivity contribution in [2.75, 3.05) is 47.3 Å². The molecule has 0 spiro atoms. The lowest BCUT2D eigenvalue weighted by Gasteiger charge is -2.40. The van der Waals surface area contributed by atoms with Gasteiger partial charge in [-0.25, -0.2) is 0 Å². The van der Waals surface area contributed by atoms with Crippen molar-refractivity contribution in [3.63, 3.8) is 0 Å². The number of nitrogens with zero attached hydrogens (tertiary/aromatic N) is 3. The fraction of sp³-hybridized carbons (Fsp3) is 0.368. The first-order valence-corrected chi connectivity index (χ1v) is 16.4. The molecule has 8 heteroatoms. The van der Waals surface area contributed by atoms with Crippen LogP contribution in [-0.2, 0) is 25.7 Å². The second-order valence-electron chi connectivity index (χ2n) is 13.5. The van der Waals surface area contributed by atoms with Crippen LogP contribution in [0.25, 0.3) is 0 Å². The minimum absolute atomic E-state index is 0.0355. The number of hydrogen-bond donors (Lipinski definition) is 2. The van der Waals surface area contributed by atoms with E-state index >= 15 is 0 Å². The topological polar surface area (TPSA) is 77.9 Å². The Hall–Kier alpha value is -4.24. The largest absolute Gasteiger partial charge is 0.504 e. The van der Waals surface area contributed by atoms with Gasteiger partial charge in [0.25, 0.3) is 0 Å². The van der Waals surface area contributed by atoms with Crippen LogP contribution in [0.4, 0.5) is 0 Å². The van der Waals surface area contributed by atoms with Crippen LogP contribution in [0, 0.1) is 0 Å². The zero-order chi connectivity index (χ0) is 31.5. The van der Waals surface area contributed by atoms with Gasteiger partial charge in [-0.2, -0.15) is 0 Å². The maximum atomic E-state index is 11.3. The third-order valence-electron chi connectivity index (χ3n) is 10.1. The average Bonchev–Trinajstić information content (AvgIpc) is 3.03. The summed E-state index contributed by atoms with van der Waals surface area (Å²) >= 11 is 0. The molecule has 5 aliphatic heterocycles. The van der Waals surface area contributed by atoms with E-state index in [0.717, 1.165) is 75.0 Å². The number of phenolic OH excluding ortho intramolecular Hbond substituents is 2. The molecule has 0 amide bonds. The third-order valence-corrected chi connectivity index (χ3v) is 10.1.